The minimum Gasteiger partial charge on any atom is -0.444 e. The highest BCUT2D eigenvalue weighted by Crippen LogP contribution is 2.24. The molecule has 0 spiro atoms. The second-order valence-corrected chi connectivity index (χ2v) is 7.58. The molecule has 0 unspecified atom stereocenters. The number of rotatable bonds is 2. The van der Waals surface area contributed by atoms with E-state index in [9.17, 15) is 14.0 Å². The van der Waals surface area contributed by atoms with Crippen LogP contribution in [0.3, 0.4) is 0 Å². The Balaban J connectivity index is 2.45. The number of hydrogen-bond acceptors (Lipinski definition) is 4. The molecule has 2 amide bonds. The fourth-order valence-corrected chi connectivity index (χ4v) is 2.19. The first-order valence-corrected chi connectivity index (χ1v) is 7.49. The standard InChI is InChI=1S/C15H27FN2O4/c1-14(2,3)21-12(19)17-9-7-10(16)11(8-9)18-13(20)22-15(4,5)6/h9-11H,7-8H2,1-6H3,(H,17,19)(H,18,20)/t9-,10+,11-/m0/s1. The lowest BCUT2D eigenvalue weighted by atomic mass is 10.2. The van der Waals surface area contributed by atoms with Gasteiger partial charge in [0.1, 0.15) is 17.4 Å². The van der Waals surface area contributed by atoms with E-state index in [4.69, 9.17) is 9.47 Å². The van der Waals surface area contributed by atoms with E-state index in [-0.39, 0.29) is 12.5 Å². The van der Waals surface area contributed by atoms with Crippen molar-refractivity contribution < 1.29 is 23.5 Å². The lowest BCUT2D eigenvalue weighted by Crippen LogP contribution is -2.42. The molecule has 3 atom stereocenters. The molecule has 0 aliphatic heterocycles. The molecule has 0 bridgehead atoms. The molecular formula is C15H27FN2O4. The second kappa shape index (κ2) is 6.71. The van der Waals surface area contributed by atoms with Crippen molar-refractivity contribution in [1.82, 2.24) is 10.6 Å². The van der Waals surface area contributed by atoms with Crippen molar-refractivity contribution in [3.63, 3.8) is 0 Å². The van der Waals surface area contributed by atoms with Crippen molar-refractivity contribution in [2.24, 2.45) is 0 Å². The van der Waals surface area contributed by atoms with Crippen LogP contribution in [0, 0.1) is 0 Å². The molecule has 0 radical (unpaired) electrons. The van der Waals surface area contributed by atoms with Gasteiger partial charge in [0.2, 0.25) is 0 Å². The van der Waals surface area contributed by atoms with Gasteiger partial charge in [0.15, 0.2) is 0 Å². The first-order chi connectivity index (χ1) is 9.85. The Morgan fingerprint density at radius 2 is 1.36 bits per heavy atom. The molecule has 1 fully saturated rings. The van der Waals surface area contributed by atoms with Crippen LogP contribution in [0.2, 0.25) is 0 Å². The normalized spacial score (nSPS) is 25.5. The van der Waals surface area contributed by atoms with Gasteiger partial charge < -0.3 is 20.1 Å². The van der Waals surface area contributed by atoms with E-state index in [0.717, 1.165) is 0 Å². The zero-order chi connectivity index (χ0) is 17.1. The highest BCUT2D eigenvalue weighted by molar-refractivity contribution is 5.69. The van der Waals surface area contributed by atoms with E-state index in [1.165, 1.54) is 0 Å². The summed E-state index contributed by atoms with van der Waals surface area (Å²) in [6.45, 7) is 10.5. The van der Waals surface area contributed by atoms with Crippen LogP contribution in [0.1, 0.15) is 54.4 Å². The summed E-state index contributed by atoms with van der Waals surface area (Å²) >= 11 is 0. The lowest BCUT2D eigenvalue weighted by molar-refractivity contribution is 0.0484. The zero-order valence-corrected chi connectivity index (χ0v) is 14.2. The monoisotopic (exact) mass is 318 g/mol. The maximum Gasteiger partial charge on any atom is 0.407 e. The third-order valence-electron chi connectivity index (χ3n) is 2.91. The van der Waals surface area contributed by atoms with Crippen LogP contribution in [0.15, 0.2) is 0 Å². The van der Waals surface area contributed by atoms with Crippen LogP contribution in [0.25, 0.3) is 0 Å². The molecule has 0 saturated heterocycles. The fourth-order valence-electron chi connectivity index (χ4n) is 2.19. The van der Waals surface area contributed by atoms with Gasteiger partial charge in [0.05, 0.1) is 6.04 Å². The van der Waals surface area contributed by atoms with Crippen molar-refractivity contribution in [2.45, 2.75) is 83.8 Å². The SMILES string of the molecule is CC(C)(C)OC(=O)N[C@H]1C[C@@H](F)[C@@H](NC(=O)OC(C)(C)C)C1. The minimum absolute atomic E-state index is 0.139. The predicted molar refractivity (Wildman–Crippen MR) is 80.4 cm³/mol. The van der Waals surface area contributed by atoms with Crippen molar-refractivity contribution in [2.75, 3.05) is 0 Å². The summed E-state index contributed by atoms with van der Waals surface area (Å²) < 4.78 is 24.2. The topological polar surface area (TPSA) is 76.7 Å². The second-order valence-electron chi connectivity index (χ2n) is 7.58. The molecule has 128 valence electrons. The van der Waals surface area contributed by atoms with Gasteiger partial charge in [-0.25, -0.2) is 14.0 Å². The number of carbonyl (C=O) groups excluding carboxylic acids is 2. The molecule has 0 aromatic heterocycles. The molecule has 0 aromatic carbocycles. The summed E-state index contributed by atoms with van der Waals surface area (Å²) in [5.74, 6) is 0. The first kappa shape index (κ1) is 18.5. The summed E-state index contributed by atoms with van der Waals surface area (Å²) in [7, 11) is 0. The van der Waals surface area contributed by atoms with E-state index in [0.29, 0.717) is 6.42 Å². The molecule has 1 saturated carbocycles. The number of ether oxygens (including phenoxy) is 2. The van der Waals surface area contributed by atoms with E-state index < -0.39 is 35.6 Å². The Morgan fingerprint density at radius 1 is 0.909 bits per heavy atom. The van der Waals surface area contributed by atoms with Gasteiger partial charge in [0.25, 0.3) is 0 Å². The Bertz CT molecular complexity index is 415. The van der Waals surface area contributed by atoms with Gasteiger partial charge in [-0.3, -0.25) is 0 Å². The molecular weight excluding hydrogens is 291 g/mol. The highest BCUT2D eigenvalue weighted by Gasteiger charge is 2.37. The van der Waals surface area contributed by atoms with Crippen LogP contribution < -0.4 is 10.6 Å². The summed E-state index contributed by atoms with van der Waals surface area (Å²) in [6.07, 6.45) is -2.02. The third-order valence-corrected chi connectivity index (χ3v) is 2.91. The highest BCUT2D eigenvalue weighted by atomic mass is 19.1. The number of alkyl carbamates (subject to hydrolysis) is 2. The van der Waals surface area contributed by atoms with E-state index >= 15 is 0 Å². The van der Waals surface area contributed by atoms with Crippen LogP contribution in [-0.2, 0) is 9.47 Å². The van der Waals surface area contributed by atoms with Gasteiger partial charge >= 0.3 is 12.2 Å². The van der Waals surface area contributed by atoms with Gasteiger partial charge in [-0.2, -0.15) is 0 Å². The quantitative estimate of drug-likeness (QED) is 0.821. The number of halogens is 1. The summed E-state index contributed by atoms with van der Waals surface area (Å²) in [4.78, 5) is 23.3. The van der Waals surface area contributed by atoms with Gasteiger partial charge in [-0.15, -0.1) is 0 Å². The van der Waals surface area contributed by atoms with E-state index in [1.807, 2.05) is 0 Å². The summed E-state index contributed by atoms with van der Waals surface area (Å²) in [5, 5.41) is 5.13. The zero-order valence-electron chi connectivity index (χ0n) is 14.2. The van der Waals surface area contributed by atoms with Crippen LogP contribution >= 0.6 is 0 Å². The predicted octanol–water partition coefficient (Wildman–Crippen LogP) is 2.90. The molecule has 1 aliphatic rings. The molecule has 0 heterocycles. The minimum atomic E-state index is -1.23. The molecule has 6 nitrogen and oxygen atoms in total. The fraction of sp³-hybridized carbons (Fsp3) is 0.867. The molecule has 7 heteroatoms. The van der Waals surface area contributed by atoms with Crippen LogP contribution in [-0.4, -0.2) is 41.6 Å². The average Bonchev–Trinajstić information content (AvgIpc) is 2.52. The molecule has 1 aliphatic carbocycles. The number of amides is 2. The number of alkyl halides is 1. The van der Waals surface area contributed by atoms with Crippen molar-refractivity contribution in [3.8, 4) is 0 Å². The Morgan fingerprint density at radius 3 is 1.82 bits per heavy atom. The average molecular weight is 318 g/mol. The van der Waals surface area contributed by atoms with Gasteiger partial charge in [-0.05, 0) is 48.0 Å². The molecule has 22 heavy (non-hydrogen) atoms. The maximum absolute atomic E-state index is 14.0. The molecule has 2 N–H and O–H groups in total. The number of hydrogen-bond donors (Lipinski definition) is 2. The third kappa shape index (κ3) is 6.95. The van der Waals surface area contributed by atoms with Crippen LogP contribution in [0.4, 0.5) is 14.0 Å². The van der Waals surface area contributed by atoms with Gasteiger partial charge in [-0.1, -0.05) is 0 Å². The maximum atomic E-state index is 14.0. The largest absolute Gasteiger partial charge is 0.444 e. The number of nitrogens with one attached hydrogen (secondary N) is 2. The van der Waals surface area contributed by atoms with Crippen molar-refractivity contribution in [3.05, 3.63) is 0 Å². The van der Waals surface area contributed by atoms with Crippen molar-refractivity contribution >= 4 is 12.2 Å². The van der Waals surface area contributed by atoms with Gasteiger partial charge in [0, 0.05) is 12.5 Å². The first-order valence-electron chi connectivity index (χ1n) is 7.49. The molecule has 1 rings (SSSR count). The summed E-state index contributed by atoms with van der Waals surface area (Å²) in [5.41, 5.74) is -1.24. The van der Waals surface area contributed by atoms with Crippen LogP contribution in [0.5, 0.6) is 0 Å². The molecule has 0 aromatic rings. The van der Waals surface area contributed by atoms with E-state index in [2.05, 4.69) is 10.6 Å². The van der Waals surface area contributed by atoms with E-state index in [1.54, 1.807) is 41.5 Å². The Labute approximate surface area is 131 Å². The Kier molecular flexibility index (Phi) is 5.65. The summed E-state index contributed by atoms with van der Waals surface area (Å²) in [6, 6.07) is -1.04. The lowest BCUT2D eigenvalue weighted by Gasteiger charge is -2.23. The van der Waals surface area contributed by atoms with Crippen molar-refractivity contribution in [1.29, 1.82) is 0 Å². The number of carbonyl (C=O) groups is 2. The Hall–Kier alpha value is -1.53. The smallest absolute Gasteiger partial charge is 0.407 e.